The van der Waals surface area contributed by atoms with Gasteiger partial charge in [0.25, 0.3) is 0 Å². The molecule has 1 N–H and O–H groups in total. The molecule has 0 aliphatic carbocycles. The first-order valence-corrected chi connectivity index (χ1v) is 4.54. The molecule has 19 heavy (non-hydrogen) atoms. The maximum absolute atomic E-state index is 10.8. The largest absolute Gasteiger partial charge is 0.508 e. The Balaban J connectivity index is 0.000000344. The number of phenolic OH excluding ortho intramolecular Hbond substituents is 1. The van der Waals surface area contributed by atoms with Crippen molar-refractivity contribution in [3.63, 3.8) is 0 Å². The lowest BCUT2D eigenvalue weighted by molar-refractivity contribution is -0.232. The molecule has 0 bridgehead atoms. The average molecular weight is 287 g/mol. The molecule has 0 amide bonds. The van der Waals surface area contributed by atoms with E-state index in [1.807, 2.05) is 0 Å². The molecule has 1 rings (SSSR count). The molecule has 1 aromatic carbocycles. The molecule has 3 nitrogen and oxygen atoms in total. The lowest BCUT2D eigenvalue weighted by atomic mass is 10.3. The molecule has 0 spiro atoms. The van der Waals surface area contributed by atoms with Crippen LogP contribution in [-0.4, -0.2) is 23.5 Å². The molecular weight excluding hydrogens is 280 g/mol. The van der Waals surface area contributed by atoms with Crippen molar-refractivity contribution >= 4 is 11.8 Å². The predicted octanol–water partition coefficient (Wildman–Crippen LogP) is 3.86. The lowest BCUT2D eigenvalue weighted by Gasteiger charge is -2.08. The zero-order valence-electron chi connectivity index (χ0n) is 9.09. The molecule has 0 fully saturated rings. The van der Waals surface area contributed by atoms with Crippen LogP contribution in [0.3, 0.4) is 0 Å². The van der Waals surface area contributed by atoms with Crippen molar-refractivity contribution in [3.8, 4) is 5.75 Å². The Morgan fingerprint density at radius 3 is 1.68 bits per heavy atom. The van der Waals surface area contributed by atoms with E-state index in [1.165, 1.54) is 30.3 Å². The topological polar surface area (TPSA) is 49.7 Å². The highest BCUT2D eigenvalue weighted by molar-refractivity contribution is 5.49. The fourth-order valence-electron chi connectivity index (χ4n) is 0.807. The normalized spacial score (nSPS) is 11.1. The van der Waals surface area contributed by atoms with Crippen LogP contribution in [0.4, 0.5) is 32.0 Å². The maximum Gasteiger partial charge on any atom is 0.397 e. The van der Waals surface area contributed by atoms with Gasteiger partial charge in [-0.25, -0.2) is 4.79 Å². The molecule has 0 saturated carbocycles. The average Bonchev–Trinajstić information content (AvgIpc) is 2.17. The Hall–Kier alpha value is -2.02. The van der Waals surface area contributed by atoms with Crippen LogP contribution in [0.15, 0.2) is 29.3 Å². The Morgan fingerprint density at radius 1 is 1.00 bits per heavy atom. The molecule has 0 atom stereocenters. The van der Waals surface area contributed by atoms with E-state index in [1.54, 1.807) is 0 Å². The van der Waals surface area contributed by atoms with Crippen molar-refractivity contribution in [1.29, 1.82) is 0 Å². The summed E-state index contributed by atoms with van der Waals surface area (Å²) < 4.78 is 65.0. The third-order valence-corrected chi connectivity index (χ3v) is 1.43. The van der Waals surface area contributed by atoms with Crippen LogP contribution < -0.4 is 0 Å². The zero-order chi connectivity index (χ0) is 15.1. The van der Waals surface area contributed by atoms with Crippen molar-refractivity contribution in [1.82, 2.24) is 0 Å². The highest BCUT2D eigenvalue weighted by atomic mass is 19.4. The highest BCUT2D eigenvalue weighted by Gasteiger charge is 2.43. The van der Waals surface area contributed by atoms with Gasteiger partial charge in [0.2, 0.25) is 6.08 Å². The zero-order valence-corrected chi connectivity index (χ0v) is 9.09. The molecule has 0 saturated heterocycles. The van der Waals surface area contributed by atoms with E-state index in [0.717, 1.165) is 0 Å². The number of halogens is 6. The van der Waals surface area contributed by atoms with Crippen molar-refractivity contribution in [2.24, 2.45) is 4.99 Å². The second-order valence-corrected chi connectivity index (χ2v) is 3.13. The summed E-state index contributed by atoms with van der Waals surface area (Å²) in [5, 5.41) is 8.78. The molecule has 0 aliphatic heterocycles. The molecule has 9 heteroatoms. The van der Waals surface area contributed by atoms with Crippen molar-refractivity contribution in [2.45, 2.75) is 18.8 Å². The third-order valence-electron chi connectivity index (χ3n) is 1.43. The molecule has 0 heterocycles. The minimum atomic E-state index is -5.14. The number of hydrogen-bond donors (Lipinski definition) is 1. The quantitative estimate of drug-likeness (QED) is 0.484. The van der Waals surface area contributed by atoms with Crippen LogP contribution in [0, 0.1) is 0 Å². The van der Waals surface area contributed by atoms with Gasteiger partial charge in [0.15, 0.2) is 0 Å². The van der Waals surface area contributed by atoms with Gasteiger partial charge in [-0.2, -0.15) is 31.3 Å². The number of isocyanates is 1. The number of aliphatic imine (C=N–C) groups is 1. The summed E-state index contributed by atoms with van der Waals surface area (Å²) in [6, 6.07) is 5.97. The number of phenols is 1. The SMILES string of the molecule is FC(F)(F)CC(F)(F)F.O=C=Nc1ccc(O)cc1. The van der Waals surface area contributed by atoms with Crippen LogP contribution in [0.25, 0.3) is 0 Å². The van der Waals surface area contributed by atoms with Crippen LogP contribution in [0.5, 0.6) is 5.75 Å². The van der Waals surface area contributed by atoms with E-state index in [9.17, 15) is 31.1 Å². The first kappa shape index (κ1) is 17.0. The number of rotatable bonds is 1. The van der Waals surface area contributed by atoms with Crippen LogP contribution >= 0.6 is 0 Å². The lowest BCUT2D eigenvalue weighted by Crippen LogP contribution is -2.20. The summed E-state index contributed by atoms with van der Waals surface area (Å²) in [6.07, 6.45) is -11.6. The number of hydrogen-bond acceptors (Lipinski definition) is 3. The number of benzene rings is 1. The van der Waals surface area contributed by atoms with Gasteiger partial charge in [0, 0.05) is 0 Å². The van der Waals surface area contributed by atoms with E-state index in [0.29, 0.717) is 5.69 Å². The molecule has 1 aromatic rings. The monoisotopic (exact) mass is 287 g/mol. The first-order chi connectivity index (χ1) is 8.53. The fraction of sp³-hybridized carbons (Fsp3) is 0.300. The standard InChI is InChI=1S/C7H5NO2.C3H2F6/c9-5-8-6-1-3-7(10)4-2-6;4-2(5,6)1-3(7,8)9/h1-4,10H;1H2. The summed E-state index contributed by atoms with van der Waals surface area (Å²) in [5.74, 6) is 0.157. The Labute approximate surface area is 103 Å². The van der Waals surface area contributed by atoms with Gasteiger partial charge in [-0.3, -0.25) is 0 Å². The van der Waals surface area contributed by atoms with Gasteiger partial charge in [-0.1, -0.05) is 0 Å². The van der Waals surface area contributed by atoms with E-state index in [2.05, 4.69) is 4.99 Å². The van der Waals surface area contributed by atoms with Crippen LogP contribution in [0.2, 0.25) is 0 Å². The van der Waals surface area contributed by atoms with Gasteiger partial charge < -0.3 is 5.11 Å². The Bertz CT molecular complexity index is 419. The van der Waals surface area contributed by atoms with Crippen LogP contribution in [0.1, 0.15) is 6.42 Å². The maximum atomic E-state index is 10.8. The van der Waals surface area contributed by atoms with Gasteiger partial charge in [-0.05, 0) is 24.3 Å². The van der Waals surface area contributed by atoms with E-state index >= 15 is 0 Å². The van der Waals surface area contributed by atoms with Gasteiger partial charge in [-0.15, -0.1) is 0 Å². The van der Waals surface area contributed by atoms with Crippen LogP contribution in [-0.2, 0) is 4.79 Å². The van der Waals surface area contributed by atoms with Crippen molar-refractivity contribution in [3.05, 3.63) is 24.3 Å². The molecule has 0 aromatic heterocycles. The third kappa shape index (κ3) is 10.8. The molecular formula is C10H7F6NO2. The van der Waals surface area contributed by atoms with Crippen molar-refractivity contribution in [2.75, 3.05) is 0 Å². The van der Waals surface area contributed by atoms with Gasteiger partial charge in [0.1, 0.15) is 12.2 Å². The number of nitrogens with zero attached hydrogens (tertiary/aromatic N) is 1. The second kappa shape index (κ2) is 6.79. The molecule has 0 aliphatic rings. The van der Waals surface area contributed by atoms with Crippen molar-refractivity contribution < 1.29 is 36.2 Å². The summed E-state index contributed by atoms with van der Waals surface area (Å²) in [4.78, 5) is 13.0. The molecule has 0 unspecified atom stereocenters. The first-order valence-electron chi connectivity index (χ1n) is 4.54. The van der Waals surface area contributed by atoms with E-state index in [-0.39, 0.29) is 5.75 Å². The van der Waals surface area contributed by atoms with Gasteiger partial charge >= 0.3 is 12.4 Å². The highest BCUT2D eigenvalue weighted by Crippen LogP contribution is 2.31. The smallest absolute Gasteiger partial charge is 0.397 e. The predicted molar refractivity (Wildman–Crippen MR) is 52.6 cm³/mol. The van der Waals surface area contributed by atoms with E-state index in [4.69, 9.17) is 5.11 Å². The second-order valence-electron chi connectivity index (χ2n) is 3.13. The summed E-state index contributed by atoms with van der Waals surface area (Å²) in [6.45, 7) is 0. The summed E-state index contributed by atoms with van der Waals surface area (Å²) >= 11 is 0. The Morgan fingerprint density at radius 2 is 1.42 bits per heavy atom. The molecule has 0 radical (unpaired) electrons. The number of carbonyl (C=O) groups excluding carboxylic acids is 1. The minimum Gasteiger partial charge on any atom is -0.508 e. The molecule has 106 valence electrons. The fourth-order valence-corrected chi connectivity index (χ4v) is 0.807. The minimum absolute atomic E-state index is 0.157. The van der Waals surface area contributed by atoms with E-state index < -0.39 is 18.8 Å². The van der Waals surface area contributed by atoms with Gasteiger partial charge in [0.05, 0.1) is 5.69 Å². The number of alkyl halides is 6. The summed E-state index contributed by atoms with van der Waals surface area (Å²) in [7, 11) is 0. The number of aromatic hydroxyl groups is 1. The Kier molecular flexibility index (Phi) is 6.07. The summed E-state index contributed by atoms with van der Waals surface area (Å²) in [5.41, 5.74) is 0.493.